The molecule has 0 radical (unpaired) electrons. The molecule has 8 heteroatoms. The Kier molecular flexibility index (Phi) is 4.80. The van der Waals surface area contributed by atoms with E-state index in [2.05, 4.69) is 21.7 Å². The number of carbonyl (C=O) groups excluding carboxylic acids is 1. The highest BCUT2D eigenvalue weighted by molar-refractivity contribution is 5.84. The smallest absolute Gasteiger partial charge is 0.253 e. The first-order chi connectivity index (χ1) is 13.6. The minimum absolute atomic E-state index is 0.0525. The second-order valence-corrected chi connectivity index (χ2v) is 8.97. The molecule has 1 aromatic rings. The van der Waals surface area contributed by atoms with Gasteiger partial charge in [-0.15, -0.1) is 0 Å². The van der Waals surface area contributed by atoms with Gasteiger partial charge in [-0.1, -0.05) is 6.08 Å². The van der Waals surface area contributed by atoms with Crippen LogP contribution in [0.3, 0.4) is 0 Å². The predicted octanol–water partition coefficient (Wildman–Crippen LogP) is 2.82. The first-order valence-corrected chi connectivity index (χ1v) is 10.1. The van der Waals surface area contributed by atoms with Crippen molar-refractivity contribution in [3.8, 4) is 0 Å². The van der Waals surface area contributed by atoms with Crippen molar-refractivity contribution in [1.82, 2.24) is 9.88 Å². The van der Waals surface area contributed by atoms with E-state index in [4.69, 9.17) is 0 Å². The number of hydrogen-bond donors (Lipinski definition) is 3. The summed E-state index contributed by atoms with van der Waals surface area (Å²) >= 11 is 0. The van der Waals surface area contributed by atoms with Crippen molar-refractivity contribution in [2.75, 3.05) is 37.3 Å². The third-order valence-electron chi connectivity index (χ3n) is 6.16. The van der Waals surface area contributed by atoms with Crippen LogP contribution in [0.1, 0.15) is 32.4 Å². The molecular formula is C21H28F2N4O2. The third kappa shape index (κ3) is 3.95. The van der Waals surface area contributed by atoms with E-state index in [1.165, 1.54) is 13.8 Å². The lowest BCUT2D eigenvalue weighted by molar-refractivity contribution is -0.146. The van der Waals surface area contributed by atoms with Crippen molar-refractivity contribution >= 4 is 23.0 Å². The Morgan fingerprint density at radius 2 is 2.10 bits per heavy atom. The quantitative estimate of drug-likeness (QED) is 0.677. The topological polar surface area (TPSA) is 77.5 Å². The first-order valence-electron chi connectivity index (χ1n) is 10.1. The number of allylic oxidation sites excluding steroid dienone is 1. The minimum atomic E-state index is -2.53. The fourth-order valence-electron chi connectivity index (χ4n) is 4.35. The average Bonchev–Trinajstić information content (AvgIpc) is 2.97. The fourth-order valence-corrected chi connectivity index (χ4v) is 4.35. The number of rotatable bonds is 6. The summed E-state index contributed by atoms with van der Waals surface area (Å²) in [4.78, 5) is 18.7. The summed E-state index contributed by atoms with van der Waals surface area (Å²) in [6.07, 6.45) is 2.96. The molecule has 6 nitrogen and oxygen atoms in total. The summed E-state index contributed by atoms with van der Waals surface area (Å²) in [5.41, 5.74) is 1.39. The van der Waals surface area contributed by atoms with Crippen molar-refractivity contribution in [3.63, 3.8) is 0 Å². The molecule has 2 fully saturated rings. The molecule has 1 saturated heterocycles. The van der Waals surface area contributed by atoms with E-state index >= 15 is 0 Å². The van der Waals surface area contributed by atoms with Gasteiger partial charge < -0.3 is 20.6 Å². The van der Waals surface area contributed by atoms with Gasteiger partial charge in [0.15, 0.2) is 0 Å². The van der Waals surface area contributed by atoms with E-state index in [1.807, 2.05) is 12.1 Å². The van der Waals surface area contributed by atoms with Crippen LogP contribution in [0.4, 0.5) is 20.3 Å². The molecule has 158 valence electrons. The number of aromatic nitrogens is 1. The van der Waals surface area contributed by atoms with E-state index in [1.54, 1.807) is 11.9 Å². The summed E-state index contributed by atoms with van der Waals surface area (Å²) < 4.78 is 26.2. The van der Waals surface area contributed by atoms with Crippen LogP contribution in [0.5, 0.6) is 0 Å². The van der Waals surface area contributed by atoms with Gasteiger partial charge in [-0.05, 0) is 49.8 Å². The van der Waals surface area contributed by atoms with Crippen molar-refractivity contribution in [2.45, 2.75) is 38.2 Å². The highest BCUT2D eigenvalue weighted by atomic mass is 19.3. The lowest BCUT2D eigenvalue weighted by Gasteiger charge is -2.25. The van der Waals surface area contributed by atoms with Gasteiger partial charge in [0.25, 0.3) is 11.8 Å². The Bertz CT molecular complexity index is 850. The van der Waals surface area contributed by atoms with Crippen molar-refractivity contribution < 1.29 is 18.7 Å². The van der Waals surface area contributed by atoms with Crippen LogP contribution in [-0.2, 0) is 4.79 Å². The zero-order valence-electron chi connectivity index (χ0n) is 17.0. The molecule has 3 aliphatic rings. The monoisotopic (exact) mass is 406 g/mol. The van der Waals surface area contributed by atoms with Crippen molar-refractivity contribution in [3.05, 3.63) is 23.9 Å². The molecule has 0 aromatic carbocycles. The molecule has 1 aliphatic heterocycles. The highest BCUT2D eigenvalue weighted by Crippen LogP contribution is 2.48. The van der Waals surface area contributed by atoms with Gasteiger partial charge in [-0.3, -0.25) is 4.79 Å². The predicted molar refractivity (Wildman–Crippen MR) is 108 cm³/mol. The number of alkyl halides is 2. The Morgan fingerprint density at radius 3 is 2.69 bits per heavy atom. The number of aliphatic hydroxyl groups is 1. The molecule has 1 aromatic heterocycles. The number of anilines is 2. The van der Waals surface area contributed by atoms with Crippen LogP contribution in [0.2, 0.25) is 0 Å². The van der Waals surface area contributed by atoms with Crippen molar-refractivity contribution in [2.24, 2.45) is 17.8 Å². The number of nitrogens with zero attached hydrogens (tertiary/aromatic N) is 2. The van der Waals surface area contributed by atoms with Crippen LogP contribution >= 0.6 is 0 Å². The van der Waals surface area contributed by atoms with Crippen LogP contribution in [-0.4, -0.2) is 59.1 Å². The molecule has 2 aliphatic carbocycles. The fraction of sp³-hybridized carbons (Fsp3) is 0.619. The van der Waals surface area contributed by atoms with Gasteiger partial charge in [0.05, 0.1) is 11.4 Å². The maximum atomic E-state index is 13.1. The number of carbonyl (C=O) groups is 1. The van der Waals surface area contributed by atoms with Gasteiger partial charge in [0, 0.05) is 39.0 Å². The van der Waals surface area contributed by atoms with Gasteiger partial charge in [0.1, 0.15) is 11.4 Å². The zero-order chi connectivity index (χ0) is 21.0. The molecule has 1 amide bonds. The van der Waals surface area contributed by atoms with Gasteiger partial charge in [-0.2, -0.15) is 0 Å². The number of pyridine rings is 1. The van der Waals surface area contributed by atoms with E-state index in [0.717, 1.165) is 23.4 Å². The molecule has 2 heterocycles. The summed E-state index contributed by atoms with van der Waals surface area (Å²) in [6, 6.07) is 3.80. The highest BCUT2D eigenvalue weighted by Gasteiger charge is 2.56. The molecule has 29 heavy (non-hydrogen) atoms. The van der Waals surface area contributed by atoms with E-state index in [0.29, 0.717) is 24.8 Å². The molecular weight excluding hydrogens is 378 g/mol. The second kappa shape index (κ2) is 6.93. The van der Waals surface area contributed by atoms with Crippen molar-refractivity contribution in [1.29, 1.82) is 0 Å². The number of halogens is 2. The van der Waals surface area contributed by atoms with Crippen LogP contribution < -0.4 is 10.6 Å². The molecule has 3 unspecified atom stereocenters. The Labute approximate surface area is 169 Å². The van der Waals surface area contributed by atoms with E-state index < -0.39 is 17.4 Å². The van der Waals surface area contributed by atoms with Gasteiger partial charge >= 0.3 is 0 Å². The summed E-state index contributed by atoms with van der Waals surface area (Å²) in [5.74, 6) is -2.11. The van der Waals surface area contributed by atoms with Crippen LogP contribution in [0, 0.1) is 17.8 Å². The number of nitrogens with one attached hydrogen (secondary N) is 2. The summed E-state index contributed by atoms with van der Waals surface area (Å²) in [5, 5.41) is 16.1. The van der Waals surface area contributed by atoms with Crippen LogP contribution in [0.15, 0.2) is 18.2 Å². The molecule has 1 saturated carbocycles. The summed E-state index contributed by atoms with van der Waals surface area (Å²) in [7, 11) is 1.76. The third-order valence-corrected chi connectivity index (χ3v) is 6.16. The SMILES string of the molecule is CNc1nc(C2=CC3CN(C(=O)C(C)(C)O)CC3C2)ccc1NCC1CC1(F)F. The molecule has 3 N–H and O–H groups in total. The summed E-state index contributed by atoms with van der Waals surface area (Å²) in [6.45, 7) is 4.54. The number of likely N-dealkylation sites (tertiary alicyclic amines) is 1. The lowest BCUT2D eigenvalue weighted by Crippen LogP contribution is -2.44. The second-order valence-electron chi connectivity index (χ2n) is 8.97. The lowest BCUT2D eigenvalue weighted by atomic mass is 9.99. The molecule has 0 spiro atoms. The maximum absolute atomic E-state index is 13.1. The Balaban J connectivity index is 1.43. The van der Waals surface area contributed by atoms with E-state index in [9.17, 15) is 18.7 Å². The normalized spacial score (nSPS) is 27.4. The van der Waals surface area contributed by atoms with Gasteiger partial charge in [-0.25, -0.2) is 13.8 Å². The number of amides is 1. The standard InChI is InChI=1S/C21H28F2N4O2/c1-20(2,29)19(28)27-10-13-6-12(7-14(13)11-27)16-4-5-17(18(24-3)26-16)25-9-15-8-21(15,22)23/h4-6,13-15,25,29H,7-11H2,1-3H3,(H,24,26). The Morgan fingerprint density at radius 1 is 1.38 bits per heavy atom. The van der Waals surface area contributed by atoms with Gasteiger partial charge in [0.2, 0.25) is 0 Å². The largest absolute Gasteiger partial charge is 0.382 e. The minimum Gasteiger partial charge on any atom is -0.382 e. The Hall–Kier alpha value is -2.22. The molecule has 3 atom stereocenters. The number of hydrogen-bond acceptors (Lipinski definition) is 5. The number of fused-ring (bicyclic) bond motifs is 1. The van der Waals surface area contributed by atoms with Crippen LogP contribution in [0.25, 0.3) is 5.57 Å². The van der Waals surface area contributed by atoms with E-state index in [-0.39, 0.29) is 24.8 Å². The molecule has 0 bridgehead atoms. The first kappa shape index (κ1) is 20.1. The molecule has 4 rings (SSSR count). The zero-order valence-corrected chi connectivity index (χ0v) is 17.0. The average molecular weight is 406 g/mol. The maximum Gasteiger partial charge on any atom is 0.253 e.